The predicted octanol–water partition coefficient (Wildman–Crippen LogP) is 2.41. The molecule has 2 rings (SSSR count). The van der Waals surface area contributed by atoms with Gasteiger partial charge in [0.25, 0.3) is 0 Å². The Balaban J connectivity index is 2.07. The summed E-state index contributed by atoms with van der Waals surface area (Å²) in [5.74, 6) is 0.501. The number of aliphatic carboxylic acids is 1. The number of carboxylic acids is 1. The highest BCUT2D eigenvalue weighted by Gasteiger charge is 2.21. The molecule has 0 bridgehead atoms. The molecular formula is C13H16ClNO4. The lowest BCUT2D eigenvalue weighted by Gasteiger charge is -2.16. The molecule has 0 aliphatic carbocycles. The second-order valence-corrected chi connectivity index (χ2v) is 4.75. The van der Waals surface area contributed by atoms with E-state index in [1.807, 2.05) is 6.92 Å². The molecule has 1 aliphatic rings. The third kappa shape index (κ3) is 3.30. The van der Waals surface area contributed by atoms with Gasteiger partial charge in [-0.3, -0.25) is 4.79 Å². The smallest absolute Gasteiger partial charge is 0.304 e. The molecule has 0 fully saturated rings. The Labute approximate surface area is 116 Å². The minimum Gasteiger partial charge on any atom is -0.481 e. The maximum Gasteiger partial charge on any atom is 0.304 e. The third-order valence-electron chi connectivity index (χ3n) is 3.07. The molecule has 1 aromatic rings. The summed E-state index contributed by atoms with van der Waals surface area (Å²) in [6.07, 6.45) is 0.816. The second-order valence-electron chi connectivity index (χ2n) is 4.34. The van der Waals surface area contributed by atoms with Gasteiger partial charge in [-0.1, -0.05) is 18.5 Å². The highest BCUT2D eigenvalue weighted by molar-refractivity contribution is 6.31. The standard InChI is InChI=1S/C13H16ClNO4/c1-2-8(5-12(16)17)15-6-9-10(14)3-4-11-13(9)19-7-18-11/h3-4,8,15H,2,5-7H2,1H3,(H,16,17)/t8-/m1/s1. The maximum atomic E-state index is 10.7. The van der Waals surface area contributed by atoms with Gasteiger partial charge >= 0.3 is 5.97 Å². The lowest BCUT2D eigenvalue weighted by Crippen LogP contribution is -2.30. The number of hydrogen-bond donors (Lipinski definition) is 2. The molecule has 19 heavy (non-hydrogen) atoms. The van der Waals surface area contributed by atoms with Crippen molar-refractivity contribution in [1.29, 1.82) is 0 Å². The molecule has 0 aromatic heterocycles. The molecule has 0 unspecified atom stereocenters. The SMILES string of the molecule is CC[C@H](CC(=O)O)NCc1c(Cl)ccc2c1OCO2. The quantitative estimate of drug-likeness (QED) is 0.840. The topological polar surface area (TPSA) is 67.8 Å². The van der Waals surface area contributed by atoms with Crippen LogP contribution in [0, 0.1) is 0 Å². The molecule has 1 aliphatic heterocycles. The number of fused-ring (bicyclic) bond motifs is 1. The Hall–Kier alpha value is -1.46. The summed E-state index contributed by atoms with van der Waals surface area (Å²) < 4.78 is 10.7. The van der Waals surface area contributed by atoms with E-state index in [4.69, 9.17) is 26.2 Å². The van der Waals surface area contributed by atoms with Gasteiger partial charge in [-0.05, 0) is 18.6 Å². The van der Waals surface area contributed by atoms with E-state index in [1.165, 1.54) is 0 Å². The molecule has 6 heteroatoms. The fourth-order valence-corrected chi connectivity index (χ4v) is 2.20. The second kappa shape index (κ2) is 6.12. The van der Waals surface area contributed by atoms with E-state index in [0.717, 1.165) is 12.0 Å². The first kappa shape index (κ1) is 14.0. The van der Waals surface area contributed by atoms with Gasteiger partial charge in [-0.2, -0.15) is 0 Å². The first-order chi connectivity index (χ1) is 9.11. The Morgan fingerprint density at radius 3 is 3.00 bits per heavy atom. The first-order valence-corrected chi connectivity index (χ1v) is 6.51. The summed E-state index contributed by atoms with van der Waals surface area (Å²) in [5, 5.41) is 12.6. The fraction of sp³-hybridized carbons (Fsp3) is 0.462. The van der Waals surface area contributed by atoms with Crippen LogP contribution in [0.5, 0.6) is 11.5 Å². The van der Waals surface area contributed by atoms with Crippen molar-refractivity contribution >= 4 is 17.6 Å². The number of benzene rings is 1. The number of carbonyl (C=O) groups is 1. The molecule has 1 atom stereocenters. The number of carboxylic acid groups (broad SMARTS) is 1. The molecule has 5 nitrogen and oxygen atoms in total. The van der Waals surface area contributed by atoms with Crippen molar-refractivity contribution in [2.45, 2.75) is 32.4 Å². The summed E-state index contributed by atoms with van der Waals surface area (Å²) in [5.41, 5.74) is 0.806. The number of nitrogens with one attached hydrogen (secondary N) is 1. The molecule has 0 radical (unpaired) electrons. The summed E-state index contributed by atoms with van der Waals surface area (Å²) in [6, 6.07) is 3.43. The van der Waals surface area contributed by atoms with Gasteiger partial charge in [0.05, 0.1) is 6.42 Å². The predicted molar refractivity (Wildman–Crippen MR) is 70.7 cm³/mol. The summed E-state index contributed by atoms with van der Waals surface area (Å²) in [4.78, 5) is 10.7. The van der Waals surface area contributed by atoms with Crippen molar-refractivity contribution in [3.8, 4) is 11.5 Å². The van der Waals surface area contributed by atoms with E-state index in [-0.39, 0.29) is 19.3 Å². The zero-order valence-electron chi connectivity index (χ0n) is 10.6. The van der Waals surface area contributed by atoms with Gasteiger partial charge in [0, 0.05) is 23.2 Å². The van der Waals surface area contributed by atoms with Crippen LogP contribution in [0.3, 0.4) is 0 Å². The van der Waals surface area contributed by atoms with Crippen LogP contribution in [0.2, 0.25) is 5.02 Å². The monoisotopic (exact) mass is 285 g/mol. The van der Waals surface area contributed by atoms with Crippen LogP contribution in [0.1, 0.15) is 25.3 Å². The minimum absolute atomic E-state index is 0.0838. The highest BCUT2D eigenvalue weighted by Crippen LogP contribution is 2.39. The number of rotatable bonds is 6. The Bertz CT molecular complexity index is 478. The van der Waals surface area contributed by atoms with Crippen LogP contribution >= 0.6 is 11.6 Å². The number of halogens is 1. The van der Waals surface area contributed by atoms with Crippen LogP contribution in [0.15, 0.2) is 12.1 Å². The van der Waals surface area contributed by atoms with Gasteiger partial charge < -0.3 is 19.9 Å². The van der Waals surface area contributed by atoms with Gasteiger partial charge in [0.1, 0.15) is 0 Å². The molecule has 0 saturated heterocycles. The normalized spacial score (nSPS) is 14.4. The van der Waals surface area contributed by atoms with Crippen molar-refractivity contribution in [2.75, 3.05) is 6.79 Å². The van der Waals surface area contributed by atoms with E-state index >= 15 is 0 Å². The van der Waals surface area contributed by atoms with Crippen molar-refractivity contribution in [3.63, 3.8) is 0 Å². The minimum atomic E-state index is -0.816. The van der Waals surface area contributed by atoms with Crippen molar-refractivity contribution in [1.82, 2.24) is 5.32 Å². The average Bonchev–Trinajstić information content (AvgIpc) is 2.83. The van der Waals surface area contributed by atoms with E-state index in [1.54, 1.807) is 12.1 Å². The van der Waals surface area contributed by atoms with Crippen molar-refractivity contribution in [2.24, 2.45) is 0 Å². The largest absolute Gasteiger partial charge is 0.481 e. The van der Waals surface area contributed by atoms with Gasteiger partial charge in [0.2, 0.25) is 6.79 Å². The molecule has 0 amide bonds. The lowest BCUT2D eigenvalue weighted by molar-refractivity contribution is -0.137. The molecule has 1 heterocycles. The zero-order chi connectivity index (χ0) is 13.8. The van der Waals surface area contributed by atoms with Gasteiger partial charge in [0.15, 0.2) is 11.5 Å². The Morgan fingerprint density at radius 1 is 1.53 bits per heavy atom. The fourth-order valence-electron chi connectivity index (χ4n) is 1.99. The van der Waals surface area contributed by atoms with E-state index in [9.17, 15) is 4.79 Å². The molecule has 104 valence electrons. The average molecular weight is 286 g/mol. The highest BCUT2D eigenvalue weighted by atomic mass is 35.5. The molecular weight excluding hydrogens is 270 g/mol. The van der Waals surface area contributed by atoms with Crippen LogP contribution in [0.25, 0.3) is 0 Å². The van der Waals surface area contributed by atoms with E-state index in [2.05, 4.69) is 5.32 Å². The Kier molecular flexibility index (Phi) is 4.50. The molecule has 0 saturated carbocycles. The molecule has 2 N–H and O–H groups in total. The van der Waals surface area contributed by atoms with Gasteiger partial charge in [-0.25, -0.2) is 0 Å². The zero-order valence-corrected chi connectivity index (χ0v) is 11.4. The summed E-state index contributed by atoms with van der Waals surface area (Å²) in [6.45, 7) is 2.59. The molecule has 0 spiro atoms. The molecule has 1 aromatic carbocycles. The maximum absolute atomic E-state index is 10.7. The third-order valence-corrected chi connectivity index (χ3v) is 3.42. The first-order valence-electron chi connectivity index (χ1n) is 6.14. The number of ether oxygens (including phenoxy) is 2. The van der Waals surface area contributed by atoms with Crippen molar-refractivity contribution in [3.05, 3.63) is 22.7 Å². The summed E-state index contributed by atoms with van der Waals surface area (Å²) >= 11 is 6.15. The van der Waals surface area contributed by atoms with Crippen LogP contribution < -0.4 is 14.8 Å². The van der Waals surface area contributed by atoms with Crippen LogP contribution in [-0.2, 0) is 11.3 Å². The Morgan fingerprint density at radius 2 is 2.32 bits per heavy atom. The van der Waals surface area contributed by atoms with Crippen molar-refractivity contribution < 1.29 is 19.4 Å². The van der Waals surface area contributed by atoms with E-state index in [0.29, 0.717) is 23.1 Å². The van der Waals surface area contributed by atoms with Crippen LogP contribution in [-0.4, -0.2) is 23.9 Å². The lowest BCUT2D eigenvalue weighted by atomic mass is 10.1. The number of hydrogen-bond acceptors (Lipinski definition) is 4. The summed E-state index contributed by atoms with van der Waals surface area (Å²) in [7, 11) is 0. The van der Waals surface area contributed by atoms with E-state index < -0.39 is 5.97 Å². The van der Waals surface area contributed by atoms with Gasteiger partial charge in [-0.15, -0.1) is 0 Å². The van der Waals surface area contributed by atoms with Crippen LogP contribution in [0.4, 0.5) is 0 Å².